The topological polar surface area (TPSA) is 567 Å². The van der Waals surface area contributed by atoms with Gasteiger partial charge in [-0.2, -0.15) is 0 Å². The first kappa shape index (κ1) is 99.3. The lowest BCUT2D eigenvalue weighted by atomic mass is 10.1. The van der Waals surface area contributed by atoms with Gasteiger partial charge in [-0.3, -0.25) is 24.0 Å². The number of aryl methyl sites for hydroxylation is 5. The molecule has 7 aromatic carbocycles. The van der Waals surface area contributed by atoms with Gasteiger partial charge in [-0.05, 0) is 258 Å². The van der Waals surface area contributed by atoms with E-state index >= 15 is 0 Å². The Balaban J connectivity index is 0.000000162. The standard InChI is InChI=1S/2C21H20N2O4.3C20H19N3O4/c2*1-13-5-9-15(10-6-13)27-16-11-7-14(8-12-16)17-3-2-4-18(23-17)19(24)20(25)21(22)26;3*1-12-5-10-17(22-11-12)27-14-8-6-13(7-9-14)15-3-2-4-16(23-15)18(24)19(25)20(21)26/h2*2-12,19-20,24-25H,1H3,(H2,22,26);3*2-11,18-19,24-25H,1H3,(H2,21,26)/t2*19-,20+;3*18-,19+/m10110/s1. The van der Waals surface area contributed by atoms with Crippen LogP contribution in [0.4, 0.5) is 0 Å². The summed E-state index contributed by atoms with van der Waals surface area (Å²) in [5, 5.41) is 98.2. The maximum absolute atomic E-state index is 11.0. The Labute approximate surface area is 774 Å². The van der Waals surface area contributed by atoms with E-state index < -0.39 is 90.6 Å². The molecule has 0 saturated carbocycles. The van der Waals surface area contributed by atoms with Gasteiger partial charge < -0.3 is 103 Å². The van der Waals surface area contributed by atoms with Crippen LogP contribution >= 0.6 is 0 Å². The minimum atomic E-state index is -1.72. The van der Waals surface area contributed by atoms with E-state index in [9.17, 15) is 75.0 Å². The van der Waals surface area contributed by atoms with Crippen molar-refractivity contribution in [1.82, 2.24) is 39.9 Å². The smallest absolute Gasteiger partial charge is 0.249 e. The predicted molar refractivity (Wildman–Crippen MR) is 499 cm³/mol. The zero-order valence-electron chi connectivity index (χ0n) is 73.3. The first-order valence-corrected chi connectivity index (χ1v) is 41.6. The Bertz CT molecular complexity index is 5540. The van der Waals surface area contributed by atoms with Crippen LogP contribution in [0.3, 0.4) is 0 Å². The molecule has 0 fully saturated rings. The number of nitrogens with zero attached hydrogens (tertiary/aromatic N) is 8. The number of amides is 5. The molecule has 0 radical (unpaired) electrons. The molecule has 0 aliphatic carbocycles. The van der Waals surface area contributed by atoms with Crippen molar-refractivity contribution < 1.29 is 98.7 Å². The summed E-state index contributed by atoms with van der Waals surface area (Å²) < 4.78 is 28.7. The maximum atomic E-state index is 11.0. The molecular weight excluding hydrogens is 1730 g/mol. The van der Waals surface area contributed by atoms with Crippen LogP contribution in [-0.2, 0) is 24.0 Å². The van der Waals surface area contributed by atoms with E-state index in [2.05, 4.69) is 39.9 Å². The van der Waals surface area contributed by atoms with Crippen molar-refractivity contribution in [2.24, 2.45) is 28.7 Å². The number of carbonyl (C=O) groups is 5. The predicted octanol–water partition coefficient (Wildman–Crippen LogP) is 11.8. The summed E-state index contributed by atoms with van der Waals surface area (Å²) in [7, 11) is 0. The van der Waals surface area contributed by atoms with Gasteiger partial charge in [0.1, 0.15) is 70.8 Å². The molecule has 15 aromatic rings. The molecule has 33 heteroatoms. The highest BCUT2D eigenvalue weighted by Crippen LogP contribution is 2.34. The summed E-state index contributed by atoms with van der Waals surface area (Å²) in [6, 6.07) is 87.6. The zero-order chi connectivity index (χ0) is 96.9. The Kier molecular flexibility index (Phi) is 34.9. The van der Waals surface area contributed by atoms with Crippen molar-refractivity contribution in [2.45, 2.75) is 95.7 Å². The van der Waals surface area contributed by atoms with Crippen LogP contribution in [-0.4, -0.2) is 151 Å². The van der Waals surface area contributed by atoms with Crippen molar-refractivity contribution in [2.75, 3.05) is 0 Å². The number of ether oxygens (including phenoxy) is 5. The third-order valence-electron chi connectivity index (χ3n) is 19.9. The number of benzene rings is 7. The van der Waals surface area contributed by atoms with Crippen LogP contribution in [0.15, 0.2) is 316 Å². The van der Waals surface area contributed by atoms with Gasteiger partial charge in [-0.15, -0.1) is 0 Å². The fourth-order valence-corrected chi connectivity index (χ4v) is 12.3. The summed E-state index contributed by atoms with van der Waals surface area (Å²) in [4.78, 5) is 89.3. The molecule has 690 valence electrons. The molecule has 0 saturated heterocycles. The summed E-state index contributed by atoms with van der Waals surface area (Å²) in [5.41, 5.74) is 38.2. The molecular formula is C102H97N13O20. The molecule has 135 heavy (non-hydrogen) atoms. The van der Waals surface area contributed by atoms with Gasteiger partial charge in [0.2, 0.25) is 47.2 Å². The van der Waals surface area contributed by atoms with Crippen molar-refractivity contribution in [1.29, 1.82) is 0 Å². The van der Waals surface area contributed by atoms with Crippen LogP contribution in [0.25, 0.3) is 56.3 Å². The van der Waals surface area contributed by atoms with Crippen LogP contribution in [0, 0.1) is 34.6 Å². The van der Waals surface area contributed by atoms with Crippen molar-refractivity contribution in [3.05, 3.63) is 372 Å². The first-order valence-electron chi connectivity index (χ1n) is 41.6. The Morgan fingerprint density at radius 3 is 0.541 bits per heavy atom. The van der Waals surface area contributed by atoms with Gasteiger partial charge in [0, 0.05) is 64.6 Å². The maximum Gasteiger partial charge on any atom is 0.249 e. The quantitative estimate of drug-likeness (QED) is 0.0199. The zero-order valence-corrected chi connectivity index (χ0v) is 73.3. The summed E-state index contributed by atoms with van der Waals surface area (Å²) in [6.45, 7) is 9.88. The summed E-state index contributed by atoms with van der Waals surface area (Å²) >= 11 is 0. The fraction of sp³-hybridized carbons (Fsp3) is 0.147. The number of hydrogen-bond donors (Lipinski definition) is 15. The minimum Gasteiger partial charge on any atom is -0.457 e. The van der Waals surface area contributed by atoms with E-state index in [-0.39, 0.29) is 28.5 Å². The number of aromatic nitrogens is 8. The Morgan fingerprint density at radius 1 is 0.215 bits per heavy atom. The highest BCUT2D eigenvalue weighted by Gasteiger charge is 2.30. The second-order valence-corrected chi connectivity index (χ2v) is 30.5. The van der Waals surface area contributed by atoms with Gasteiger partial charge >= 0.3 is 0 Å². The SMILES string of the molecule is Cc1ccc(Oc2ccc(-c3cccc([C@@H](O)[C@H](O)C(N)=O)n3)cc2)cc1.Cc1ccc(Oc2ccc(-c3cccc([C@@H](O)[C@H](O)C(N)=O)n3)cc2)nc1.Cc1ccc(Oc2ccc(-c3cccc([C@@H](O)[C@H](O)C(N)=O)n3)cc2)nc1.Cc1ccc(Oc2ccc(-c3cccc([C@H](O)[C@@H](O)C(N)=O)n3)cc2)cc1.Cc1ccc(Oc2ccc(-c3cccc([C@H](O)[C@@H](O)C(N)=O)n3)cc2)nc1. The van der Waals surface area contributed by atoms with E-state index in [0.717, 1.165) is 67.1 Å². The lowest BCUT2D eigenvalue weighted by molar-refractivity contribution is -0.132. The largest absolute Gasteiger partial charge is 0.457 e. The van der Waals surface area contributed by atoms with Gasteiger partial charge in [-0.25, -0.2) is 39.9 Å². The van der Waals surface area contributed by atoms with Gasteiger partial charge in [0.25, 0.3) is 0 Å². The number of rotatable bonds is 30. The molecule has 0 bridgehead atoms. The highest BCUT2D eigenvalue weighted by molar-refractivity contribution is 5.82. The van der Waals surface area contributed by atoms with Gasteiger partial charge in [-0.1, -0.05) is 83.9 Å². The molecule has 33 nitrogen and oxygen atoms in total. The number of hydrogen-bond acceptors (Lipinski definition) is 28. The van der Waals surface area contributed by atoms with E-state index in [1.54, 1.807) is 134 Å². The number of carbonyl (C=O) groups excluding carboxylic acids is 5. The van der Waals surface area contributed by atoms with Crippen LogP contribution in [0.5, 0.6) is 57.9 Å². The molecule has 0 aliphatic rings. The molecule has 10 atom stereocenters. The number of aliphatic hydroxyl groups excluding tert-OH is 10. The molecule has 0 unspecified atom stereocenters. The minimum absolute atomic E-state index is 0.156. The van der Waals surface area contributed by atoms with Crippen LogP contribution in [0.1, 0.15) is 86.8 Å². The second kappa shape index (κ2) is 47.5. The lowest BCUT2D eigenvalue weighted by Gasteiger charge is -2.15. The molecule has 0 aliphatic heterocycles. The third kappa shape index (κ3) is 28.8. The fourth-order valence-electron chi connectivity index (χ4n) is 12.3. The highest BCUT2D eigenvalue weighted by atomic mass is 16.5. The van der Waals surface area contributed by atoms with E-state index in [1.807, 2.05) is 186 Å². The van der Waals surface area contributed by atoms with Crippen molar-refractivity contribution in [3.8, 4) is 114 Å². The van der Waals surface area contributed by atoms with Gasteiger partial charge in [0.05, 0.1) is 56.9 Å². The first-order chi connectivity index (χ1) is 64.7. The average Bonchev–Trinajstić information content (AvgIpc) is 0.840. The molecule has 5 amide bonds. The lowest BCUT2D eigenvalue weighted by Crippen LogP contribution is -2.34. The van der Waals surface area contributed by atoms with Crippen molar-refractivity contribution in [3.63, 3.8) is 0 Å². The van der Waals surface area contributed by atoms with Crippen molar-refractivity contribution >= 4 is 29.5 Å². The van der Waals surface area contributed by atoms with E-state index in [0.29, 0.717) is 74.9 Å². The Morgan fingerprint density at radius 2 is 0.378 bits per heavy atom. The van der Waals surface area contributed by atoms with Crippen LogP contribution in [0.2, 0.25) is 0 Å². The molecule has 15 rings (SSSR count). The molecule has 0 spiro atoms. The number of nitrogens with two attached hydrogens (primary N) is 5. The molecule has 8 heterocycles. The van der Waals surface area contributed by atoms with E-state index in [1.165, 1.54) is 30.3 Å². The molecule has 20 N–H and O–H groups in total. The van der Waals surface area contributed by atoms with Crippen LogP contribution < -0.4 is 52.4 Å². The normalized spacial score (nSPS) is 13.0. The number of pyridine rings is 8. The Hall–Kier alpha value is -16.3. The third-order valence-corrected chi connectivity index (χ3v) is 19.9. The molecule has 8 aromatic heterocycles. The summed E-state index contributed by atoms with van der Waals surface area (Å²) in [5.74, 6) is 1.16. The number of primary amides is 5. The van der Waals surface area contributed by atoms with E-state index in [4.69, 9.17) is 52.4 Å². The number of aliphatic hydroxyl groups is 10. The average molecular weight is 1820 g/mol. The van der Waals surface area contributed by atoms with Gasteiger partial charge in [0.15, 0.2) is 30.5 Å². The summed E-state index contributed by atoms with van der Waals surface area (Å²) in [6.07, 6.45) is -10.8. The monoisotopic (exact) mass is 1820 g/mol. The second-order valence-electron chi connectivity index (χ2n) is 30.5.